The van der Waals surface area contributed by atoms with Gasteiger partial charge in [-0.2, -0.15) is 0 Å². The summed E-state index contributed by atoms with van der Waals surface area (Å²) < 4.78 is 53.5. The van der Waals surface area contributed by atoms with Crippen molar-refractivity contribution in [1.82, 2.24) is 29.7 Å². The summed E-state index contributed by atoms with van der Waals surface area (Å²) >= 11 is 0. The number of sulfonamides is 1. The first-order valence-corrected chi connectivity index (χ1v) is 13.6. The fourth-order valence-electron chi connectivity index (χ4n) is 3.72. The zero-order chi connectivity index (χ0) is 27.9. The minimum Gasteiger partial charge on any atom is -0.481 e. The fraction of sp³-hybridized carbons (Fsp3) is 0.542. The third kappa shape index (κ3) is 7.01. The predicted molar refractivity (Wildman–Crippen MR) is 140 cm³/mol. The molecule has 38 heavy (non-hydrogen) atoms. The number of hydrogen-bond acceptors (Lipinski definition) is 11. The minimum atomic E-state index is -4.09. The van der Waals surface area contributed by atoms with Gasteiger partial charge in [0.2, 0.25) is 21.9 Å². The molecule has 3 heterocycles. The number of nitrogens with one attached hydrogen (secondary N) is 1. The Balaban J connectivity index is 2.05. The lowest BCUT2D eigenvalue weighted by Gasteiger charge is -2.26. The van der Waals surface area contributed by atoms with Crippen molar-refractivity contribution in [3.8, 4) is 17.4 Å². The molecule has 1 N–H and O–H groups in total. The zero-order valence-electron chi connectivity index (χ0n) is 22.7. The summed E-state index contributed by atoms with van der Waals surface area (Å²) in [6.45, 7) is 7.41. The summed E-state index contributed by atoms with van der Waals surface area (Å²) in [6.07, 6.45) is 2.04. The Morgan fingerprint density at radius 1 is 1.00 bits per heavy atom. The standard InChI is InChI=1S/C24H35N7O6S/c1-15(2)37-21(22-25-11-16(3)12-26-22)17(4)38(32,33)30-24-29-28-23(19-9-8-10-20(27-19)36-7)31(24)18(13-34-5)14-35-6/h8-12,15,17-18,21H,13-14H2,1-7H3,(H,29,30). The number of ether oxygens (including phenoxy) is 4. The maximum Gasteiger partial charge on any atom is 0.240 e. The Morgan fingerprint density at radius 3 is 2.24 bits per heavy atom. The smallest absolute Gasteiger partial charge is 0.240 e. The van der Waals surface area contributed by atoms with Gasteiger partial charge in [-0.1, -0.05) is 6.07 Å². The van der Waals surface area contributed by atoms with Gasteiger partial charge in [-0.15, -0.1) is 10.2 Å². The van der Waals surface area contributed by atoms with Crippen LogP contribution in [0.15, 0.2) is 30.6 Å². The van der Waals surface area contributed by atoms with Crippen molar-refractivity contribution in [2.24, 2.45) is 0 Å². The molecule has 0 aromatic carbocycles. The van der Waals surface area contributed by atoms with Crippen LogP contribution in [-0.2, 0) is 24.2 Å². The molecule has 0 amide bonds. The first-order valence-electron chi connectivity index (χ1n) is 12.0. The van der Waals surface area contributed by atoms with Gasteiger partial charge in [0, 0.05) is 32.7 Å². The van der Waals surface area contributed by atoms with Crippen molar-refractivity contribution < 1.29 is 27.4 Å². The van der Waals surface area contributed by atoms with Crippen molar-refractivity contribution in [3.05, 3.63) is 42.0 Å². The van der Waals surface area contributed by atoms with Crippen LogP contribution in [-0.4, -0.2) is 84.0 Å². The van der Waals surface area contributed by atoms with E-state index >= 15 is 0 Å². The van der Waals surface area contributed by atoms with Crippen LogP contribution in [0.1, 0.15) is 44.3 Å². The first-order chi connectivity index (χ1) is 18.1. The molecule has 208 valence electrons. The van der Waals surface area contributed by atoms with E-state index in [-0.39, 0.29) is 31.1 Å². The second-order valence-electron chi connectivity index (χ2n) is 8.92. The molecule has 0 radical (unpaired) electrons. The van der Waals surface area contributed by atoms with Crippen molar-refractivity contribution in [2.75, 3.05) is 39.3 Å². The summed E-state index contributed by atoms with van der Waals surface area (Å²) in [4.78, 5) is 13.1. The van der Waals surface area contributed by atoms with E-state index in [4.69, 9.17) is 18.9 Å². The Hall–Kier alpha value is -3.20. The second kappa shape index (κ2) is 13.0. The zero-order valence-corrected chi connectivity index (χ0v) is 23.5. The molecule has 14 heteroatoms. The summed E-state index contributed by atoms with van der Waals surface area (Å²) in [7, 11) is 0.494. The lowest BCUT2D eigenvalue weighted by atomic mass is 10.2. The van der Waals surface area contributed by atoms with E-state index in [1.54, 1.807) is 35.2 Å². The van der Waals surface area contributed by atoms with Gasteiger partial charge < -0.3 is 18.9 Å². The van der Waals surface area contributed by atoms with E-state index in [0.29, 0.717) is 17.4 Å². The van der Waals surface area contributed by atoms with Gasteiger partial charge in [0.15, 0.2) is 11.6 Å². The molecular formula is C24H35N7O6S. The van der Waals surface area contributed by atoms with Crippen LogP contribution in [0.5, 0.6) is 5.88 Å². The number of aryl methyl sites for hydroxylation is 1. The minimum absolute atomic E-state index is 0.0244. The number of aromatic nitrogens is 6. The van der Waals surface area contributed by atoms with Crippen molar-refractivity contribution >= 4 is 16.0 Å². The normalized spacial score (nSPS) is 13.6. The Kier molecular flexibility index (Phi) is 10.1. The van der Waals surface area contributed by atoms with Gasteiger partial charge in [-0.25, -0.2) is 23.4 Å². The lowest BCUT2D eigenvalue weighted by molar-refractivity contribution is 0.00152. The second-order valence-corrected chi connectivity index (χ2v) is 11.0. The third-order valence-corrected chi connectivity index (χ3v) is 7.26. The topological polar surface area (TPSA) is 152 Å². The predicted octanol–water partition coefficient (Wildman–Crippen LogP) is 2.58. The van der Waals surface area contributed by atoms with E-state index < -0.39 is 27.4 Å². The highest BCUT2D eigenvalue weighted by atomic mass is 32.2. The third-order valence-electron chi connectivity index (χ3n) is 5.56. The molecule has 3 aromatic rings. The average Bonchev–Trinajstić information content (AvgIpc) is 3.29. The molecule has 0 saturated heterocycles. The molecule has 2 unspecified atom stereocenters. The molecular weight excluding hydrogens is 514 g/mol. The van der Waals surface area contributed by atoms with Gasteiger partial charge >= 0.3 is 0 Å². The van der Waals surface area contributed by atoms with Crippen LogP contribution in [0.3, 0.4) is 0 Å². The quantitative estimate of drug-likeness (QED) is 0.316. The average molecular weight is 550 g/mol. The molecule has 0 saturated carbocycles. The molecule has 0 spiro atoms. The van der Waals surface area contributed by atoms with E-state index in [1.165, 1.54) is 28.3 Å². The highest BCUT2D eigenvalue weighted by Crippen LogP contribution is 2.30. The number of rotatable bonds is 14. The van der Waals surface area contributed by atoms with E-state index in [0.717, 1.165) is 5.56 Å². The van der Waals surface area contributed by atoms with Gasteiger partial charge in [0.25, 0.3) is 0 Å². The Bertz CT molecular complexity index is 1280. The maximum absolute atomic E-state index is 13.7. The monoisotopic (exact) mass is 549 g/mol. The van der Waals surface area contributed by atoms with Crippen LogP contribution in [0.4, 0.5) is 5.95 Å². The first kappa shape index (κ1) is 29.4. The molecule has 0 aliphatic rings. The summed E-state index contributed by atoms with van der Waals surface area (Å²) in [5.74, 6) is 0.921. The van der Waals surface area contributed by atoms with Crippen molar-refractivity contribution in [1.29, 1.82) is 0 Å². The van der Waals surface area contributed by atoms with Crippen LogP contribution >= 0.6 is 0 Å². The van der Waals surface area contributed by atoms with E-state index in [9.17, 15) is 8.42 Å². The molecule has 3 rings (SSSR count). The van der Waals surface area contributed by atoms with Crippen LogP contribution in [0, 0.1) is 6.92 Å². The largest absolute Gasteiger partial charge is 0.481 e. The molecule has 2 atom stereocenters. The summed E-state index contributed by atoms with van der Waals surface area (Å²) in [5, 5.41) is 7.33. The number of hydrogen-bond donors (Lipinski definition) is 1. The number of pyridine rings is 1. The van der Waals surface area contributed by atoms with E-state index in [1.807, 2.05) is 20.8 Å². The number of anilines is 1. The molecule has 13 nitrogen and oxygen atoms in total. The van der Waals surface area contributed by atoms with Crippen LogP contribution < -0.4 is 9.46 Å². The number of nitrogens with zero attached hydrogens (tertiary/aromatic N) is 6. The van der Waals surface area contributed by atoms with Gasteiger partial charge in [-0.05, 0) is 39.3 Å². The summed E-state index contributed by atoms with van der Waals surface area (Å²) in [6, 6.07) is 4.70. The fourth-order valence-corrected chi connectivity index (χ4v) is 4.81. The Labute approximate surface area is 223 Å². The molecule has 0 fully saturated rings. The maximum atomic E-state index is 13.7. The molecule has 0 aliphatic carbocycles. The highest BCUT2D eigenvalue weighted by molar-refractivity contribution is 7.93. The lowest BCUT2D eigenvalue weighted by Crippen LogP contribution is -2.35. The van der Waals surface area contributed by atoms with Crippen LogP contribution in [0.2, 0.25) is 0 Å². The van der Waals surface area contributed by atoms with Gasteiger partial charge in [0.05, 0.1) is 32.5 Å². The molecule has 0 aliphatic heterocycles. The van der Waals surface area contributed by atoms with E-state index in [2.05, 4.69) is 29.9 Å². The Morgan fingerprint density at radius 2 is 1.66 bits per heavy atom. The summed E-state index contributed by atoms with van der Waals surface area (Å²) in [5.41, 5.74) is 1.28. The molecule has 0 bridgehead atoms. The SMILES string of the molecule is COCC(COC)n1c(NS(=O)(=O)C(C)C(OC(C)C)c2ncc(C)cn2)nnc1-c1cccc(OC)n1. The molecule has 3 aromatic heterocycles. The highest BCUT2D eigenvalue weighted by Gasteiger charge is 2.36. The number of methoxy groups -OCH3 is 3. The van der Waals surface area contributed by atoms with Crippen molar-refractivity contribution in [2.45, 2.75) is 51.2 Å². The van der Waals surface area contributed by atoms with Gasteiger partial charge in [-0.3, -0.25) is 9.29 Å². The van der Waals surface area contributed by atoms with Crippen molar-refractivity contribution in [3.63, 3.8) is 0 Å². The van der Waals surface area contributed by atoms with Gasteiger partial charge in [0.1, 0.15) is 17.0 Å². The van der Waals surface area contributed by atoms with Crippen LogP contribution in [0.25, 0.3) is 11.5 Å².